The lowest BCUT2D eigenvalue weighted by Crippen LogP contribution is -2.18. The van der Waals surface area contributed by atoms with Crippen molar-refractivity contribution in [1.29, 1.82) is 0 Å². The predicted octanol–water partition coefficient (Wildman–Crippen LogP) is 2.26. The number of carbonyl (C=O) groups is 3. The number of carbonyl (C=O) groups excluding carboxylic acids is 2. The van der Waals surface area contributed by atoms with Gasteiger partial charge in [0.2, 0.25) is 5.91 Å². The summed E-state index contributed by atoms with van der Waals surface area (Å²) in [7, 11) is 1.40. The SMILES string of the molecule is COc1c(C)c2c(c(O)c1CC(=O)Nc1ccccc1C(=O)O)C(=O)OC2. The second-order valence-corrected chi connectivity index (χ2v) is 5.99. The van der Waals surface area contributed by atoms with Crippen LogP contribution in [0.3, 0.4) is 0 Å². The summed E-state index contributed by atoms with van der Waals surface area (Å²) in [6, 6.07) is 5.97. The van der Waals surface area contributed by atoms with Crippen LogP contribution in [0.15, 0.2) is 24.3 Å². The second kappa shape index (κ2) is 6.99. The Hall–Kier alpha value is -3.55. The Labute approximate surface area is 154 Å². The highest BCUT2D eigenvalue weighted by atomic mass is 16.5. The van der Waals surface area contributed by atoms with Gasteiger partial charge in [-0.15, -0.1) is 0 Å². The maximum Gasteiger partial charge on any atom is 0.342 e. The zero-order chi connectivity index (χ0) is 19.7. The van der Waals surface area contributed by atoms with Crippen molar-refractivity contribution in [2.24, 2.45) is 0 Å². The van der Waals surface area contributed by atoms with E-state index >= 15 is 0 Å². The highest BCUT2D eigenvalue weighted by Crippen LogP contribution is 2.41. The van der Waals surface area contributed by atoms with Crippen LogP contribution in [0.4, 0.5) is 5.69 Å². The number of hydrogen-bond donors (Lipinski definition) is 3. The first-order chi connectivity index (χ1) is 12.8. The van der Waals surface area contributed by atoms with Gasteiger partial charge in [0.1, 0.15) is 23.7 Å². The van der Waals surface area contributed by atoms with Gasteiger partial charge in [0, 0.05) is 11.1 Å². The molecule has 0 spiro atoms. The minimum atomic E-state index is -1.18. The summed E-state index contributed by atoms with van der Waals surface area (Å²) >= 11 is 0. The molecule has 1 aliphatic heterocycles. The molecule has 0 atom stereocenters. The Bertz CT molecular complexity index is 965. The fourth-order valence-corrected chi connectivity index (χ4v) is 3.14. The number of aromatic hydroxyl groups is 1. The van der Waals surface area contributed by atoms with E-state index < -0.39 is 17.8 Å². The molecule has 27 heavy (non-hydrogen) atoms. The number of cyclic esters (lactones) is 1. The van der Waals surface area contributed by atoms with E-state index in [2.05, 4.69) is 5.32 Å². The van der Waals surface area contributed by atoms with Crippen LogP contribution in [0, 0.1) is 6.92 Å². The summed E-state index contributed by atoms with van der Waals surface area (Å²) in [5.74, 6) is -2.49. The Morgan fingerprint density at radius 2 is 2.00 bits per heavy atom. The number of esters is 1. The van der Waals surface area contributed by atoms with Gasteiger partial charge in [0.25, 0.3) is 0 Å². The molecule has 0 bridgehead atoms. The Balaban J connectivity index is 1.96. The number of fused-ring (bicyclic) bond motifs is 1. The average Bonchev–Trinajstić information content (AvgIpc) is 3.02. The van der Waals surface area contributed by atoms with Crippen LogP contribution >= 0.6 is 0 Å². The first-order valence-corrected chi connectivity index (χ1v) is 8.05. The number of amides is 1. The Morgan fingerprint density at radius 1 is 1.30 bits per heavy atom. The van der Waals surface area contributed by atoms with E-state index in [9.17, 15) is 24.6 Å². The van der Waals surface area contributed by atoms with Crippen LogP contribution in [0.2, 0.25) is 0 Å². The molecule has 8 heteroatoms. The van der Waals surface area contributed by atoms with Crippen LogP contribution in [0.5, 0.6) is 11.5 Å². The van der Waals surface area contributed by atoms with Crippen molar-refractivity contribution in [3.8, 4) is 11.5 Å². The Kier molecular flexibility index (Phi) is 4.72. The monoisotopic (exact) mass is 371 g/mol. The topological polar surface area (TPSA) is 122 Å². The van der Waals surface area contributed by atoms with Gasteiger partial charge in [0.05, 0.1) is 24.8 Å². The lowest BCUT2D eigenvalue weighted by atomic mass is 9.95. The summed E-state index contributed by atoms with van der Waals surface area (Å²) in [6.07, 6.45) is -0.315. The van der Waals surface area contributed by atoms with E-state index in [0.29, 0.717) is 11.1 Å². The van der Waals surface area contributed by atoms with Gasteiger partial charge < -0.3 is 25.0 Å². The number of hydrogen-bond acceptors (Lipinski definition) is 6. The molecule has 0 saturated carbocycles. The summed E-state index contributed by atoms with van der Waals surface area (Å²) in [5.41, 5.74) is 1.36. The van der Waals surface area contributed by atoms with Gasteiger partial charge in [-0.2, -0.15) is 0 Å². The number of ether oxygens (including phenoxy) is 2. The quantitative estimate of drug-likeness (QED) is 0.689. The molecule has 0 aromatic heterocycles. The molecule has 8 nitrogen and oxygen atoms in total. The number of carboxylic acids is 1. The Morgan fingerprint density at radius 3 is 2.67 bits per heavy atom. The molecule has 0 aliphatic carbocycles. The van der Waals surface area contributed by atoms with Crippen LogP contribution in [-0.4, -0.2) is 35.2 Å². The fraction of sp³-hybridized carbons (Fsp3) is 0.211. The van der Waals surface area contributed by atoms with E-state index in [4.69, 9.17) is 9.47 Å². The van der Waals surface area contributed by atoms with E-state index in [-0.39, 0.29) is 46.9 Å². The normalized spacial score (nSPS) is 12.3. The number of methoxy groups -OCH3 is 1. The number of phenols is 1. The second-order valence-electron chi connectivity index (χ2n) is 5.99. The number of carboxylic acid groups (broad SMARTS) is 1. The molecule has 0 saturated heterocycles. The van der Waals surface area contributed by atoms with Crippen molar-refractivity contribution < 1.29 is 34.1 Å². The molecule has 0 fully saturated rings. The van der Waals surface area contributed by atoms with Crippen LogP contribution in [-0.2, 0) is 22.6 Å². The van der Waals surface area contributed by atoms with E-state index in [1.165, 1.54) is 19.2 Å². The summed E-state index contributed by atoms with van der Waals surface area (Å²) in [4.78, 5) is 35.6. The molecule has 2 aromatic rings. The van der Waals surface area contributed by atoms with Gasteiger partial charge in [0.15, 0.2) is 0 Å². The maximum atomic E-state index is 12.5. The highest BCUT2D eigenvalue weighted by Gasteiger charge is 2.32. The van der Waals surface area contributed by atoms with E-state index in [0.717, 1.165) is 0 Å². The highest BCUT2D eigenvalue weighted by molar-refractivity contribution is 6.02. The largest absolute Gasteiger partial charge is 0.507 e. The van der Waals surface area contributed by atoms with Crippen molar-refractivity contribution in [3.05, 3.63) is 52.1 Å². The molecule has 0 unspecified atom stereocenters. The molecule has 140 valence electrons. The lowest BCUT2D eigenvalue weighted by molar-refractivity contribution is -0.115. The minimum Gasteiger partial charge on any atom is -0.507 e. The molecule has 3 rings (SSSR count). The predicted molar refractivity (Wildman–Crippen MR) is 94.3 cm³/mol. The third kappa shape index (κ3) is 3.17. The molecular formula is C19H17NO7. The molecule has 0 radical (unpaired) electrons. The van der Waals surface area contributed by atoms with Gasteiger partial charge in [-0.3, -0.25) is 4.79 Å². The van der Waals surface area contributed by atoms with Gasteiger partial charge in [-0.05, 0) is 24.6 Å². The third-order valence-electron chi connectivity index (χ3n) is 4.42. The molecular weight excluding hydrogens is 354 g/mol. The van der Waals surface area contributed by atoms with Gasteiger partial charge >= 0.3 is 11.9 Å². The lowest BCUT2D eigenvalue weighted by Gasteiger charge is -2.16. The molecule has 1 amide bonds. The van der Waals surface area contributed by atoms with E-state index in [1.54, 1.807) is 19.1 Å². The van der Waals surface area contributed by atoms with Crippen molar-refractivity contribution in [3.63, 3.8) is 0 Å². The molecule has 3 N–H and O–H groups in total. The zero-order valence-electron chi connectivity index (χ0n) is 14.7. The number of phenolic OH excluding ortho intramolecular Hbond substituents is 1. The van der Waals surface area contributed by atoms with Gasteiger partial charge in [-0.1, -0.05) is 12.1 Å². The summed E-state index contributed by atoms with van der Waals surface area (Å²) in [6.45, 7) is 1.74. The first-order valence-electron chi connectivity index (χ1n) is 8.05. The first kappa shape index (κ1) is 18.2. The minimum absolute atomic E-state index is 0.0297. The maximum absolute atomic E-state index is 12.5. The molecule has 1 aliphatic rings. The van der Waals surface area contributed by atoms with Crippen LogP contribution < -0.4 is 10.1 Å². The van der Waals surface area contributed by atoms with Crippen LogP contribution in [0.1, 0.15) is 37.4 Å². The summed E-state index contributed by atoms with van der Waals surface area (Å²) in [5, 5.41) is 22.2. The van der Waals surface area contributed by atoms with E-state index in [1.807, 2.05) is 0 Å². The number of para-hydroxylation sites is 1. The zero-order valence-corrected chi connectivity index (χ0v) is 14.7. The third-order valence-corrected chi connectivity index (χ3v) is 4.42. The van der Waals surface area contributed by atoms with Crippen molar-refractivity contribution in [2.75, 3.05) is 12.4 Å². The number of anilines is 1. The molecule has 2 aromatic carbocycles. The van der Waals surface area contributed by atoms with Gasteiger partial charge in [-0.25, -0.2) is 9.59 Å². The van der Waals surface area contributed by atoms with Crippen molar-refractivity contribution in [1.82, 2.24) is 0 Å². The standard InChI is InChI=1S/C19H17NO7/c1-9-12-8-27-19(25)15(12)16(22)11(17(9)26-2)7-14(21)20-13-6-4-3-5-10(13)18(23)24/h3-6,22H,7-8H2,1-2H3,(H,20,21)(H,23,24). The number of benzene rings is 2. The summed E-state index contributed by atoms with van der Waals surface area (Å²) < 4.78 is 10.3. The molecule has 1 heterocycles. The fourth-order valence-electron chi connectivity index (χ4n) is 3.14. The average molecular weight is 371 g/mol. The number of nitrogens with one attached hydrogen (secondary N) is 1. The van der Waals surface area contributed by atoms with Crippen molar-refractivity contribution >= 4 is 23.5 Å². The number of aromatic carboxylic acids is 1. The van der Waals surface area contributed by atoms with Crippen LogP contribution in [0.25, 0.3) is 0 Å². The van der Waals surface area contributed by atoms with Crippen molar-refractivity contribution in [2.45, 2.75) is 20.0 Å². The smallest absolute Gasteiger partial charge is 0.342 e. The number of rotatable bonds is 5.